The molecule has 2 aromatic carbocycles. The number of hydrogen-bond donors (Lipinski definition) is 2. The number of aromatic amines is 1. The Morgan fingerprint density at radius 3 is 2.77 bits per heavy atom. The molecule has 0 aliphatic rings. The van der Waals surface area contributed by atoms with E-state index in [1.54, 1.807) is 13.8 Å². The molecule has 0 unspecified atom stereocenters. The maximum absolute atomic E-state index is 13.2. The Morgan fingerprint density at radius 1 is 1.31 bits per heavy atom. The third kappa shape index (κ3) is 3.46. The summed E-state index contributed by atoms with van der Waals surface area (Å²) in [5, 5.41) is 20.8. The lowest BCUT2D eigenvalue weighted by atomic mass is 10.1. The standard InChI is InChI=1S/C17H15FN4O4/c1-9(2)26-15-7-10(3-6-14(15)22(24)25)17(23)19-16-12-5-4-11(18)8-13(12)20-21-16/h3-9H,1-2H3,(H2,19,20,21,23). The quantitative estimate of drug-likeness (QED) is 0.534. The van der Waals surface area contributed by atoms with E-state index in [1.165, 1.54) is 36.4 Å². The molecule has 0 fully saturated rings. The molecule has 2 N–H and O–H groups in total. The van der Waals surface area contributed by atoms with Gasteiger partial charge in [0.15, 0.2) is 11.6 Å². The molecule has 0 aliphatic carbocycles. The smallest absolute Gasteiger partial charge is 0.310 e. The van der Waals surface area contributed by atoms with E-state index in [2.05, 4.69) is 15.5 Å². The van der Waals surface area contributed by atoms with Crippen LogP contribution in [0, 0.1) is 15.9 Å². The molecular formula is C17H15FN4O4. The summed E-state index contributed by atoms with van der Waals surface area (Å²) < 4.78 is 18.7. The molecule has 3 rings (SSSR count). The molecule has 9 heteroatoms. The zero-order valence-corrected chi connectivity index (χ0v) is 13.9. The van der Waals surface area contributed by atoms with Gasteiger partial charge >= 0.3 is 5.69 Å². The van der Waals surface area contributed by atoms with E-state index in [-0.39, 0.29) is 28.9 Å². The minimum Gasteiger partial charge on any atom is -0.484 e. The van der Waals surface area contributed by atoms with Crippen LogP contribution in [0.25, 0.3) is 10.9 Å². The van der Waals surface area contributed by atoms with E-state index >= 15 is 0 Å². The zero-order valence-electron chi connectivity index (χ0n) is 13.9. The van der Waals surface area contributed by atoms with Crippen molar-refractivity contribution >= 4 is 28.3 Å². The number of nitrogens with one attached hydrogen (secondary N) is 2. The molecule has 0 aliphatic heterocycles. The number of hydrogen-bond acceptors (Lipinski definition) is 5. The average molecular weight is 358 g/mol. The number of carbonyl (C=O) groups is 1. The number of ether oxygens (including phenoxy) is 1. The first-order chi connectivity index (χ1) is 12.3. The molecule has 134 valence electrons. The number of nitrogens with zero attached hydrogens (tertiary/aromatic N) is 2. The van der Waals surface area contributed by atoms with E-state index in [1.807, 2.05) is 0 Å². The van der Waals surface area contributed by atoms with Gasteiger partial charge in [-0.1, -0.05) is 0 Å². The highest BCUT2D eigenvalue weighted by Crippen LogP contribution is 2.29. The molecule has 0 bridgehead atoms. The summed E-state index contributed by atoms with van der Waals surface area (Å²) in [5.41, 5.74) is 0.383. The number of aromatic nitrogens is 2. The van der Waals surface area contributed by atoms with Gasteiger partial charge in [-0.25, -0.2) is 4.39 Å². The molecule has 0 saturated heterocycles. The number of fused-ring (bicyclic) bond motifs is 1. The Bertz CT molecular complexity index is 1000. The number of halogens is 1. The number of nitro groups is 1. The summed E-state index contributed by atoms with van der Waals surface area (Å²) >= 11 is 0. The number of H-pyrrole nitrogens is 1. The molecule has 0 saturated carbocycles. The molecule has 3 aromatic rings. The van der Waals surface area contributed by atoms with Gasteiger partial charge < -0.3 is 10.1 Å². The Hall–Kier alpha value is -3.49. The summed E-state index contributed by atoms with van der Waals surface area (Å²) in [6, 6.07) is 7.86. The van der Waals surface area contributed by atoms with Crippen molar-refractivity contribution in [1.29, 1.82) is 0 Å². The summed E-state index contributed by atoms with van der Waals surface area (Å²) in [6.45, 7) is 3.46. The molecule has 8 nitrogen and oxygen atoms in total. The maximum atomic E-state index is 13.2. The van der Waals surface area contributed by atoms with E-state index < -0.39 is 16.6 Å². The van der Waals surface area contributed by atoms with Crippen molar-refractivity contribution in [2.45, 2.75) is 20.0 Å². The van der Waals surface area contributed by atoms with Gasteiger partial charge in [0.05, 0.1) is 16.5 Å². The van der Waals surface area contributed by atoms with Crippen molar-refractivity contribution in [2.24, 2.45) is 0 Å². The summed E-state index contributed by atoms with van der Waals surface area (Å²) in [5.74, 6) is -0.711. The fourth-order valence-electron chi connectivity index (χ4n) is 2.42. The first-order valence-electron chi connectivity index (χ1n) is 7.75. The second-order valence-electron chi connectivity index (χ2n) is 5.82. The first kappa shape index (κ1) is 17.3. The number of carbonyl (C=O) groups excluding carboxylic acids is 1. The lowest BCUT2D eigenvalue weighted by Gasteiger charge is -2.11. The average Bonchev–Trinajstić information content (AvgIpc) is 2.95. The van der Waals surface area contributed by atoms with Gasteiger partial charge in [0.25, 0.3) is 5.91 Å². The van der Waals surface area contributed by atoms with Crippen LogP contribution in [0.4, 0.5) is 15.9 Å². The molecule has 1 amide bonds. The second-order valence-corrected chi connectivity index (χ2v) is 5.82. The maximum Gasteiger partial charge on any atom is 0.310 e. The van der Waals surface area contributed by atoms with Crippen LogP contribution in [0.15, 0.2) is 36.4 Å². The molecule has 0 spiro atoms. The van der Waals surface area contributed by atoms with E-state index in [9.17, 15) is 19.3 Å². The van der Waals surface area contributed by atoms with Crippen molar-refractivity contribution in [1.82, 2.24) is 10.2 Å². The fraction of sp³-hybridized carbons (Fsp3) is 0.176. The van der Waals surface area contributed by atoms with Crippen molar-refractivity contribution in [3.8, 4) is 5.75 Å². The third-order valence-electron chi connectivity index (χ3n) is 3.54. The monoisotopic (exact) mass is 358 g/mol. The van der Waals surface area contributed by atoms with Crippen LogP contribution in [-0.4, -0.2) is 27.1 Å². The number of anilines is 1. The van der Waals surface area contributed by atoms with Crippen LogP contribution in [0.5, 0.6) is 5.75 Å². The third-order valence-corrected chi connectivity index (χ3v) is 3.54. The highest BCUT2D eigenvalue weighted by molar-refractivity contribution is 6.08. The van der Waals surface area contributed by atoms with E-state index in [4.69, 9.17) is 4.74 Å². The topological polar surface area (TPSA) is 110 Å². The minimum absolute atomic E-state index is 0.00612. The first-order valence-corrected chi connectivity index (χ1v) is 7.75. The SMILES string of the molecule is CC(C)Oc1cc(C(=O)Nc2n[nH]c3cc(F)ccc23)ccc1[N+](=O)[O-]. The summed E-state index contributed by atoms with van der Waals surface area (Å²) in [7, 11) is 0. The molecule has 0 radical (unpaired) electrons. The largest absolute Gasteiger partial charge is 0.484 e. The Morgan fingerprint density at radius 2 is 2.08 bits per heavy atom. The van der Waals surface area contributed by atoms with Gasteiger partial charge in [0.1, 0.15) is 5.82 Å². The van der Waals surface area contributed by atoms with Crippen LogP contribution in [0.1, 0.15) is 24.2 Å². The Kier molecular flexibility index (Phi) is 4.53. The van der Waals surface area contributed by atoms with Gasteiger partial charge in [-0.05, 0) is 38.1 Å². The normalized spacial score (nSPS) is 10.9. The summed E-state index contributed by atoms with van der Waals surface area (Å²) in [4.78, 5) is 23.0. The van der Waals surface area contributed by atoms with E-state index in [0.29, 0.717) is 10.9 Å². The number of amides is 1. The fourth-order valence-corrected chi connectivity index (χ4v) is 2.42. The molecule has 0 atom stereocenters. The molecule has 26 heavy (non-hydrogen) atoms. The van der Waals surface area contributed by atoms with Crippen LogP contribution in [-0.2, 0) is 0 Å². The lowest BCUT2D eigenvalue weighted by molar-refractivity contribution is -0.386. The molecule has 1 heterocycles. The van der Waals surface area contributed by atoms with Gasteiger partial charge in [-0.15, -0.1) is 0 Å². The predicted octanol–water partition coefficient (Wildman–Crippen LogP) is 3.65. The lowest BCUT2D eigenvalue weighted by Crippen LogP contribution is -2.14. The van der Waals surface area contributed by atoms with Crippen molar-refractivity contribution in [3.63, 3.8) is 0 Å². The van der Waals surface area contributed by atoms with Gasteiger partial charge in [-0.2, -0.15) is 5.10 Å². The number of nitro benzene ring substituents is 1. The van der Waals surface area contributed by atoms with Gasteiger partial charge in [0, 0.05) is 23.1 Å². The minimum atomic E-state index is -0.574. The van der Waals surface area contributed by atoms with Gasteiger partial charge in [-0.3, -0.25) is 20.0 Å². The Balaban J connectivity index is 1.90. The Labute approximate surface area is 147 Å². The highest BCUT2D eigenvalue weighted by Gasteiger charge is 2.20. The van der Waals surface area contributed by atoms with Crippen LogP contribution < -0.4 is 10.1 Å². The predicted molar refractivity (Wildman–Crippen MR) is 92.9 cm³/mol. The molecular weight excluding hydrogens is 343 g/mol. The molecule has 1 aromatic heterocycles. The highest BCUT2D eigenvalue weighted by atomic mass is 19.1. The van der Waals surface area contributed by atoms with Crippen molar-refractivity contribution in [2.75, 3.05) is 5.32 Å². The number of benzene rings is 2. The van der Waals surface area contributed by atoms with E-state index in [0.717, 1.165) is 0 Å². The second kappa shape index (κ2) is 6.79. The van der Waals surface area contributed by atoms with Crippen LogP contribution in [0.3, 0.4) is 0 Å². The van der Waals surface area contributed by atoms with Crippen molar-refractivity contribution < 1.29 is 18.8 Å². The van der Waals surface area contributed by atoms with Gasteiger partial charge in [0.2, 0.25) is 0 Å². The zero-order chi connectivity index (χ0) is 18.8. The van der Waals surface area contributed by atoms with Crippen LogP contribution in [0.2, 0.25) is 0 Å². The van der Waals surface area contributed by atoms with Crippen LogP contribution >= 0.6 is 0 Å². The van der Waals surface area contributed by atoms with Crippen molar-refractivity contribution in [3.05, 3.63) is 57.9 Å². The summed E-state index contributed by atoms with van der Waals surface area (Å²) in [6.07, 6.45) is -0.294. The number of rotatable bonds is 5.